The van der Waals surface area contributed by atoms with Gasteiger partial charge in [-0.2, -0.15) is 0 Å². The zero-order valence-corrected chi connectivity index (χ0v) is 9.74. The number of H-pyrrole nitrogens is 2. The number of hydrogen-bond acceptors (Lipinski definition) is 6. The molecule has 1 aliphatic heterocycles. The van der Waals surface area contributed by atoms with Crippen molar-refractivity contribution in [3.63, 3.8) is 0 Å². The second kappa shape index (κ2) is 4.30. The number of ether oxygens (including phenoxy) is 1. The fourth-order valence-electron chi connectivity index (χ4n) is 2.25. The summed E-state index contributed by atoms with van der Waals surface area (Å²) in [6.07, 6.45) is -0.646. The first-order valence-corrected chi connectivity index (χ1v) is 5.73. The summed E-state index contributed by atoms with van der Waals surface area (Å²) >= 11 is 0. The van der Waals surface area contributed by atoms with E-state index in [1.807, 2.05) is 0 Å². The Hall–Kier alpha value is -1.97. The lowest BCUT2D eigenvalue weighted by atomic mass is 10.2. The van der Waals surface area contributed by atoms with Crippen LogP contribution in [0.3, 0.4) is 0 Å². The Bertz CT molecular complexity index is 717. The fraction of sp³-hybridized carbons (Fsp3) is 0.500. The van der Waals surface area contributed by atoms with Crippen LogP contribution in [0.5, 0.6) is 0 Å². The zero-order chi connectivity index (χ0) is 13.6. The van der Waals surface area contributed by atoms with Crippen molar-refractivity contribution in [3.8, 4) is 0 Å². The van der Waals surface area contributed by atoms with Crippen LogP contribution in [0.15, 0.2) is 15.9 Å². The highest BCUT2D eigenvalue weighted by atomic mass is 16.5. The molecule has 0 saturated carbocycles. The molecule has 0 aliphatic carbocycles. The first kappa shape index (κ1) is 12.1. The minimum atomic E-state index is -0.825. The van der Waals surface area contributed by atoms with Crippen molar-refractivity contribution in [2.24, 2.45) is 0 Å². The van der Waals surface area contributed by atoms with Crippen molar-refractivity contribution in [3.05, 3.63) is 27.0 Å². The van der Waals surface area contributed by atoms with Crippen LogP contribution in [-0.4, -0.2) is 48.8 Å². The summed E-state index contributed by atoms with van der Waals surface area (Å²) in [7, 11) is 0. The van der Waals surface area contributed by atoms with E-state index in [-0.39, 0.29) is 24.1 Å². The van der Waals surface area contributed by atoms with Gasteiger partial charge in [-0.05, 0) is 0 Å². The number of aliphatic hydroxyl groups is 2. The average molecular weight is 268 g/mol. The van der Waals surface area contributed by atoms with Crippen LogP contribution in [0.25, 0.3) is 11.0 Å². The monoisotopic (exact) mass is 268 g/mol. The third kappa shape index (κ3) is 1.79. The second-order valence-electron chi connectivity index (χ2n) is 4.37. The highest BCUT2D eigenvalue weighted by molar-refractivity contribution is 5.72. The molecule has 19 heavy (non-hydrogen) atoms. The summed E-state index contributed by atoms with van der Waals surface area (Å²) in [6, 6.07) is 0. The van der Waals surface area contributed by atoms with Crippen molar-refractivity contribution in [1.29, 1.82) is 0 Å². The van der Waals surface area contributed by atoms with Gasteiger partial charge in [0.05, 0.1) is 19.0 Å². The summed E-state index contributed by atoms with van der Waals surface area (Å²) in [5.74, 6) is 0. The van der Waals surface area contributed by atoms with E-state index in [2.05, 4.69) is 15.2 Å². The van der Waals surface area contributed by atoms with Crippen LogP contribution >= 0.6 is 0 Å². The minimum absolute atomic E-state index is 0.00860. The standard InChI is InChI=1S/C10H12N4O5/c15-2-5-4(16)1-6(19-5)14-3-11-7-8(14)10(18)13-12-9(7)17/h3-6,15-16H,1-2H2,(H,12,17)(H,13,18)/t4-,5+,6-/m0/s1. The highest BCUT2D eigenvalue weighted by Gasteiger charge is 2.35. The van der Waals surface area contributed by atoms with Gasteiger partial charge in [-0.3, -0.25) is 24.4 Å². The number of nitrogens with zero attached hydrogens (tertiary/aromatic N) is 2. The normalized spacial score (nSPS) is 27.2. The summed E-state index contributed by atoms with van der Waals surface area (Å²) in [5.41, 5.74) is -0.919. The van der Waals surface area contributed by atoms with Gasteiger partial charge in [-0.15, -0.1) is 0 Å². The van der Waals surface area contributed by atoms with Crippen molar-refractivity contribution >= 4 is 11.0 Å². The molecule has 3 rings (SSSR count). The van der Waals surface area contributed by atoms with E-state index < -0.39 is 29.6 Å². The van der Waals surface area contributed by atoms with Crippen LogP contribution in [0, 0.1) is 0 Å². The molecule has 3 atom stereocenters. The molecule has 9 nitrogen and oxygen atoms in total. The maximum Gasteiger partial charge on any atom is 0.290 e. The van der Waals surface area contributed by atoms with Crippen LogP contribution in [0.1, 0.15) is 12.6 Å². The molecule has 2 aromatic heterocycles. The quantitative estimate of drug-likeness (QED) is 0.500. The molecule has 1 saturated heterocycles. The van der Waals surface area contributed by atoms with Gasteiger partial charge in [0, 0.05) is 6.42 Å². The summed E-state index contributed by atoms with van der Waals surface area (Å²) < 4.78 is 6.82. The zero-order valence-electron chi connectivity index (χ0n) is 9.74. The Morgan fingerprint density at radius 2 is 2.16 bits per heavy atom. The van der Waals surface area contributed by atoms with Gasteiger partial charge in [-0.1, -0.05) is 0 Å². The maximum absolute atomic E-state index is 11.7. The number of imidazole rings is 1. The molecule has 0 aromatic carbocycles. The van der Waals surface area contributed by atoms with E-state index in [1.165, 1.54) is 10.9 Å². The second-order valence-corrected chi connectivity index (χ2v) is 4.37. The number of hydrogen-bond donors (Lipinski definition) is 4. The summed E-state index contributed by atoms with van der Waals surface area (Å²) in [5, 5.41) is 23.1. The number of fused-ring (bicyclic) bond motifs is 1. The van der Waals surface area contributed by atoms with Gasteiger partial charge in [-0.25, -0.2) is 4.98 Å². The van der Waals surface area contributed by atoms with E-state index in [0.717, 1.165) is 0 Å². The maximum atomic E-state index is 11.7. The van der Waals surface area contributed by atoms with Crippen LogP contribution < -0.4 is 11.1 Å². The van der Waals surface area contributed by atoms with Gasteiger partial charge in [0.25, 0.3) is 11.1 Å². The first-order valence-electron chi connectivity index (χ1n) is 5.73. The number of rotatable bonds is 2. The lowest BCUT2D eigenvalue weighted by molar-refractivity contribution is -0.0431. The van der Waals surface area contributed by atoms with Gasteiger partial charge in [0.1, 0.15) is 17.8 Å². The van der Waals surface area contributed by atoms with Crippen LogP contribution in [-0.2, 0) is 4.74 Å². The molecule has 0 amide bonds. The van der Waals surface area contributed by atoms with E-state index in [1.54, 1.807) is 0 Å². The molecule has 1 fully saturated rings. The van der Waals surface area contributed by atoms with E-state index >= 15 is 0 Å². The molecule has 9 heteroatoms. The van der Waals surface area contributed by atoms with Gasteiger partial charge in [0.2, 0.25) is 0 Å². The summed E-state index contributed by atoms with van der Waals surface area (Å²) in [4.78, 5) is 27.1. The highest BCUT2D eigenvalue weighted by Crippen LogP contribution is 2.29. The third-order valence-corrected chi connectivity index (χ3v) is 3.21. The molecule has 0 spiro atoms. The Kier molecular flexibility index (Phi) is 2.73. The minimum Gasteiger partial charge on any atom is -0.394 e. The molecule has 4 N–H and O–H groups in total. The molecule has 2 aromatic rings. The average Bonchev–Trinajstić information content (AvgIpc) is 2.97. The van der Waals surface area contributed by atoms with Gasteiger partial charge < -0.3 is 14.9 Å². The molecule has 3 heterocycles. The first-order chi connectivity index (χ1) is 9.11. The largest absolute Gasteiger partial charge is 0.394 e. The number of nitrogens with one attached hydrogen (secondary N) is 2. The smallest absolute Gasteiger partial charge is 0.290 e. The van der Waals surface area contributed by atoms with Crippen molar-refractivity contribution in [2.75, 3.05) is 6.61 Å². The van der Waals surface area contributed by atoms with Crippen LogP contribution in [0.2, 0.25) is 0 Å². The van der Waals surface area contributed by atoms with E-state index in [0.29, 0.717) is 0 Å². The van der Waals surface area contributed by atoms with Gasteiger partial charge in [0.15, 0.2) is 5.52 Å². The number of aliphatic hydroxyl groups excluding tert-OH is 2. The Morgan fingerprint density at radius 1 is 1.42 bits per heavy atom. The molecule has 1 aliphatic rings. The molecule has 0 bridgehead atoms. The SMILES string of the molecule is O=c1[nH][nH]c(=O)c2c1ncn2[C@@H]1C[C@H](O)[C@@H](CO)O1. The van der Waals surface area contributed by atoms with Crippen molar-refractivity contribution < 1.29 is 14.9 Å². The van der Waals surface area contributed by atoms with E-state index in [9.17, 15) is 14.7 Å². The Balaban J connectivity index is 2.10. The molecular formula is C10H12N4O5. The molecule has 102 valence electrons. The third-order valence-electron chi connectivity index (χ3n) is 3.21. The number of aromatic nitrogens is 4. The number of aromatic amines is 2. The lowest BCUT2D eigenvalue weighted by Gasteiger charge is -2.13. The Morgan fingerprint density at radius 3 is 2.84 bits per heavy atom. The molecule has 0 radical (unpaired) electrons. The topological polar surface area (TPSA) is 133 Å². The van der Waals surface area contributed by atoms with Crippen LogP contribution in [0.4, 0.5) is 0 Å². The van der Waals surface area contributed by atoms with E-state index in [4.69, 9.17) is 9.84 Å². The van der Waals surface area contributed by atoms with Crippen molar-refractivity contribution in [2.45, 2.75) is 24.9 Å². The predicted molar refractivity (Wildman–Crippen MR) is 62.6 cm³/mol. The molecule has 0 unspecified atom stereocenters. The Labute approximate surface area is 105 Å². The molecular weight excluding hydrogens is 256 g/mol. The fourth-order valence-corrected chi connectivity index (χ4v) is 2.25. The van der Waals surface area contributed by atoms with Gasteiger partial charge >= 0.3 is 0 Å². The summed E-state index contributed by atoms with van der Waals surface area (Å²) in [6.45, 7) is -0.318. The van der Waals surface area contributed by atoms with Crippen molar-refractivity contribution in [1.82, 2.24) is 19.7 Å². The predicted octanol–water partition coefficient (Wildman–Crippen LogP) is -1.95. The lowest BCUT2D eigenvalue weighted by Crippen LogP contribution is -2.24.